The van der Waals surface area contributed by atoms with Gasteiger partial charge in [-0.05, 0) is 24.3 Å². The Labute approximate surface area is 118 Å². The third kappa shape index (κ3) is 3.73. The number of rotatable bonds is 5. The van der Waals surface area contributed by atoms with Gasteiger partial charge in [0.1, 0.15) is 17.2 Å². The summed E-state index contributed by atoms with van der Waals surface area (Å²) >= 11 is 0. The van der Waals surface area contributed by atoms with Gasteiger partial charge in [0.2, 0.25) is 10.8 Å². The minimum absolute atomic E-state index is 0.230. The van der Waals surface area contributed by atoms with E-state index in [9.17, 15) is 4.79 Å². The van der Waals surface area contributed by atoms with Crippen LogP contribution < -0.4 is 10.6 Å². The maximum Gasteiger partial charge on any atom is 0.231 e. The average molecular weight is 274 g/mol. The van der Waals surface area contributed by atoms with Crippen molar-refractivity contribution < 1.29 is 4.79 Å². The molecule has 6 nitrogen and oxygen atoms in total. The molecule has 0 unspecified atom stereocenters. The zero-order valence-electron chi connectivity index (χ0n) is 11.4. The Morgan fingerprint density at radius 2 is 2.15 bits per heavy atom. The number of amides is 1. The highest BCUT2D eigenvalue weighted by Crippen LogP contribution is 2.33. The van der Waals surface area contributed by atoms with Gasteiger partial charge in [0.05, 0.1) is 6.54 Å². The molecule has 6 heteroatoms. The second kappa shape index (κ2) is 6.93. The highest BCUT2D eigenvalue weighted by atomic mass is 16.1. The van der Waals surface area contributed by atoms with Gasteiger partial charge in [-0.25, -0.2) is 0 Å². The maximum absolute atomic E-state index is 11.3. The summed E-state index contributed by atoms with van der Waals surface area (Å²) in [7, 11) is 0. The molecule has 1 saturated heterocycles. The number of nitrogens with zero attached hydrogens (tertiary/aromatic N) is 3. The summed E-state index contributed by atoms with van der Waals surface area (Å²) in [4.78, 5) is 16.4. The molecule has 1 aromatic carbocycles. The molecule has 0 saturated carbocycles. The van der Waals surface area contributed by atoms with Crippen molar-refractivity contribution in [1.82, 2.24) is 9.81 Å². The fourth-order valence-electron chi connectivity index (χ4n) is 2.86. The molecule has 0 spiro atoms. The molecule has 0 radical (unpaired) electrons. The number of nitrogens with two attached hydrogens (primary N) is 1. The quantitative estimate of drug-likeness (QED) is 0.628. The molecule has 3 N–H and O–H groups in total. The van der Waals surface area contributed by atoms with E-state index >= 15 is 0 Å². The highest BCUT2D eigenvalue weighted by molar-refractivity contribution is 5.76. The number of carbonyl (C=O) groups excluding carboxylic acids is 1. The fraction of sp³-hybridized carbons (Fsp3) is 0.500. The number of hydrogen-bond donors (Lipinski definition) is 2. The van der Waals surface area contributed by atoms with Gasteiger partial charge in [0.25, 0.3) is 0 Å². The van der Waals surface area contributed by atoms with Crippen LogP contribution in [0.5, 0.6) is 0 Å². The summed E-state index contributed by atoms with van der Waals surface area (Å²) in [6, 6.07) is 10.4. The Balaban J connectivity index is 2.11. The molecule has 2 atom stereocenters. The normalized spacial score (nSPS) is 23.0. The number of benzene rings is 1. The monoisotopic (exact) mass is 274 g/mol. The van der Waals surface area contributed by atoms with Crippen LogP contribution in [-0.2, 0) is 4.79 Å². The first-order chi connectivity index (χ1) is 9.70. The van der Waals surface area contributed by atoms with Crippen molar-refractivity contribution in [2.45, 2.75) is 18.9 Å². The summed E-state index contributed by atoms with van der Waals surface area (Å²) < 4.78 is 0. The van der Waals surface area contributed by atoms with Gasteiger partial charge >= 0.3 is 0 Å². The van der Waals surface area contributed by atoms with E-state index in [-0.39, 0.29) is 18.5 Å². The first-order valence-corrected chi connectivity index (χ1v) is 6.81. The van der Waals surface area contributed by atoms with Crippen LogP contribution in [0.2, 0.25) is 0 Å². The second-order valence-corrected chi connectivity index (χ2v) is 5.19. The molecule has 1 aromatic rings. The SMILES string of the molecule is N=[N+]=NC[C@H]1CC[C@@H](c2ccccc2)N(CC(N)=O)C1. The van der Waals surface area contributed by atoms with E-state index in [2.05, 4.69) is 27.1 Å². The largest absolute Gasteiger partial charge is 0.369 e. The van der Waals surface area contributed by atoms with Crippen LogP contribution >= 0.6 is 0 Å². The lowest BCUT2D eigenvalue weighted by Crippen LogP contribution is -2.43. The van der Waals surface area contributed by atoms with E-state index in [0.717, 1.165) is 19.4 Å². The summed E-state index contributed by atoms with van der Waals surface area (Å²) in [6.45, 7) is 1.57. The van der Waals surface area contributed by atoms with Gasteiger partial charge in [0, 0.05) is 12.6 Å². The second-order valence-electron chi connectivity index (χ2n) is 5.19. The van der Waals surface area contributed by atoms with E-state index < -0.39 is 0 Å². The molecule has 2 rings (SSSR count). The van der Waals surface area contributed by atoms with E-state index in [1.54, 1.807) is 0 Å². The van der Waals surface area contributed by atoms with Crippen LogP contribution in [0.1, 0.15) is 24.4 Å². The number of primary amides is 1. The molecule has 20 heavy (non-hydrogen) atoms. The van der Waals surface area contributed by atoms with Crippen LogP contribution in [0.4, 0.5) is 0 Å². The van der Waals surface area contributed by atoms with Crippen LogP contribution in [-0.4, -0.2) is 30.4 Å². The Hall–Kier alpha value is -2.04. The molecule has 0 bridgehead atoms. The van der Waals surface area contributed by atoms with Crippen LogP contribution in [0.3, 0.4) is 0 Å². The van der Waals surface area contributed by atoms with E-state index in [4.69, 9.17) is 11.3 Å². The molecule has 1 aliphatic rings. The minimum atomic E-state index is -0.311. The first-order valence-electron chi connectivity index (χ1n) is 6.81. The lowest BCUT2D eigenvalue weighted by atomic mass is 9.89. The number of piperidine rings is 1. The first kappa shape index (κ1) is 14.4. The third-order valence-corrected chi connectivity index (χ3v) is 3.74. The molecule has 1 aliphatic heterocycles. The number of hydrogen-bond acceptors (Lipinski definition) is 4. The molecular weight excluding hydrogens is 254 g/mol. The van der Waals surface area contributed by atoms with Gasteiger partial charge in [-0.2, -0.15) is 0 Å². The fourth-order valence-corrected chi connectivity index (χ4v) is 2.86. The topological polar surface area (TPSA) is 96.6 Å². The van der Waals surface area contributed by atoms with Crippen molar-refractivity contribution in [3.8, 4) is 0 Å². The predicted octanol–water partition coefficient (Wildman–Crippen LogP) is 1.48. The standard InChI is InChI=1S/C14H19N5O/c15-14(20)10-19-9-11(8-17-18-16)6-7-13(19)12-4-2-1-3-5-12/h1-5,11,13,16H,6-10H2,(H-,15,20)/p+1/t11-,13+/m1/s1. The average Bonchev–Trinajstić information content (AvgIpc) is 2.45. The smallest absolute Gasteiger partial charge is 0.231 e. The Bertz CT molecular complexity index is 498. The van der Waals surface area contributed by atoms with E-state index in [1.165, 1.54) is 5.56 Å². The van der Waals surface area contributed by atoms with E-state index in [1.807, 2.05) is 18.2 Å². The van der Waals surface area contributed by atoms with Gasteiger partial charge in [-0.15, -0.1) is 0 Å². The molecule has 1 fully saturated rings. The highest BCUT2D eigenvalue weighted by Gasteiger charge is 2.30. The van der Waals surface area contributed by atoms with Gasteiger partial charge in [0.15, 0.2) is 0 Å². The summed E-state index contributed by atoms with van der Waals surface area (Å²) in [5.41, 5.74) is 13.3. The van der Waals surface area contributed by atoms with Crippen molar-refractivity contribution in [2.24, 2.45) is 16.8 Å². The van der Waals surface area contributed by atoms with Gasteiger partial charge in [-0.3, -0.25) is 9.69 Å². The Morgan fingerprint density at radius 1 is 1.40 bits per heavy atom. The Morgan fingerprint density at radius 3 is 2.80 bits per heavy atom. The number of nitrogens with one attached hydrogen (secondary N) is 1. The summed E-state index contributed by atoms with van der Waals surface area (Å²) in [6.07, 6.45) is 1.99. The molecule has 106 valence electrons. The number of carbonyl (C=O) groups is 1. The van der Waals surface area contributed by atoms with Crippen molar-refractivity contribution in [2.75, 3.05) is 19.6 Å². The lowest BCUT2D eigenvalue weighted by Gasteiger charge is -2.38. The minimum Gasteiger partial charge on any atom is -0.369 e. The molecule has 0 aromatic heterocycles. The van der Waals surface area contributed by atoms with Crippen molar-refractivity contribution in [3.63, 3.8) is 0 Å². The third-order valence-electron chi connectivity index (χ3n) is 3.74. The van der Waals surface area contributed by atoms with E-state index in [0.29, 0.717) is 12.5 Å². The maximum atomic E-state index is 11.3. The lowest BCUT2D eigenvalue weighted by molar-refractivity contribution is -0.120. The molecular formula is C14H20N5O+. The number of likely N-dealkylation sites (tertiary alicyclic amines) is 1. The molecule has 1 heterocycles. The predicted molar refractivity (Wildman–Crippen MR) is 74.8 cm³/mol. The summed E-state index contributed by atoms with van der Waals surface area (Å²) in [5.74, 6) is 0.0251. The van der Waals surface area contributed by atoms with Crippen molar-refractivity contribution in [1.29, 1.82) is 5.53 Å². The van der Waals surface area contributed by atoms with Crippen molar-refractivity contribution >= 4 is 5.91 Å². The van der Waals surface area contributed by atoms with Gasteiger partial charge < -0.3 is 5.73 Å². The van der Waals surface area contributed by atoms with Crippen LogP contribution in [0, 0.1) is 11.4 Å². The zero-order chi connectivity index (χ0) is 14.4. The Kier molecular flexibility index (Phi) is 4.98. The van der Waals surface area contributed by atoms with Gasteiger partial charge in [-0.1, -0.05) is 30.3 Å². The zero-order valence-corrected chi connectivity index (χ0v) is 11.4. The molecule has 1 amide bonds. The summed E-state index contributed by atoms with van der Waals surface area (Å²) in [5, 5.41) is 3.76. The van der Waals surface area contributed by atoms with Crippen LogP contribution in [0.25, 0.3) is 0 Å². The van der Waals surface area contributed by atoms with Crippen LogP contribution in [0.15, 0.2) is 35.4 Å². The molecule has 0 aliphatic carbocycles. The van der Waals surface area contributed by atoms with Crippen molar-refractivity contribution in [3.05, 3.63) is 35.9 Å².